The highest BCUT2D eigenvalue weighted by Gasteiger charge is 2.06. The number of methoxy groups -OCH3 is 1. The van der Waals surface area contributed by atoms with E-state index in [0.29, 0.717) is 21.2 Å². The van der Waals surface area contributed by atoms with E-state index in [1.807, 2.05) is 0 Å². The van der Waals surface area contributed by atoms with Crippen molar-refractivity contribution in [3.05, 3.63) is 75.3 Å². The number of ketones is 1. The Hall–Kier alpha value is -2.10. The second-order valence-electron chi connectivity index (χ2n) is 4.44. The number of carbonyl (C=O) groups excluding carboxylic acids is 2. The lowest BCUT2D eigenvalue weighted by atomic mass is 10.1. The summed E-state index contributed by atoms with van der Waals surface area (Å²) in [4.78, 5) is 23.4. The minimum Gasteiger partial charge on any atom is -0.465 e. The van der Waals surface area contributed by atoms with Gasteiger partial charge in [0, 0.05) is 5.56 Å². The maximum atomic E-state index is 12.0. The normalized spacial score (nSPS) is 10.7. The second kappa shape index (κ2) is 7.25. The molecule has 0 aliphatic heterocycles. The van der Waals surface area contributed by atoms with Crippen LogP contribution in [-0.4, -0.2) is 18.9 Å². The molecule has 0 saturated carbocycles. The van der Waals surface area contributed by atoms with Crippen LogP contribution in [-0.2, 0) is 4.74 Å². The summed E-state index contributed by atoms with van der Waals surface area (Å²) in [6, 6.07) is 11.4. The lowest BCUT2D eigenvalue weighted by Crippen LogP contribution is -2.00. The predicted octanol–water partition coefficient (Wildman–Crippen LogP) is 4.68. The SMILES string of the molecule is COC(=O)c1ccc(/C=C/C(=O)c2ccc(Cl)c(Cl)c2)cc1. The van der Waals surface area contributed by atoms with Gasteiger partial charge in [0.2, 0.25) is 0 Å². The highest BCUT2D eigenvalue weighted by Crippen LogP contribution is 2.23. The average Bonchev–Trinajstić information content (AvgIpc) is 2.54. The third-order valence-corrected chi connectivity index (χ3v) is 3.70. The summed E-state index contributed by atoms with van der Waals surface area (Å²) in [5.74, 6) is -0.585. The lowest BCUT2D eigenvalue weighted by molar-refractivity contribution is 0.0600. The molecule has 2 aromatic rings. The second-order valence-corrected chi connectivity index (χ2v) is 5.25. The molecule has 22 heavy (non-hydrogen) atoms. The molecule has 2 rings (SSSR count). The van der Waals surface area contributed by atoms with Gasteiger partial charge in [0.15, 0.2) is 5.78 Å². The number of benzene rings is 2. The van der Waals surface area contributed by atoms with Crippen molar-refractivity contribution in [3.8, 4) is 0 Å². The molecule has 0 unspecified atom stereocenters. The van der Waals surface area contributed by atoms with Crippen LogP contribution >= 0.6 is 23.2 Å². The van der Waals surface area contributed by atoms with E-state index in [4.69, 9.17) is 23.2 Å². The van der Waals surface area contributed by atoms with Gasteiger partial charge >= 0.3 is 5.97 Å². The van der Waals surface area contributed by atoms with E-state index in [2.05, 4.69) is 4.74 Å². The molecule has 3 nitrogen and oxygen atoms in total. The first kappa shape index (κ1) is 16.3. The highest BCUT2D eigenvalue weighted by molar-refractivity contribution is 6.42. The van der Waals surface area contributed by atoms with Crippen molar-refractivity contribution in [2.45, 2.75) is 0 Å². The molecule has 0 aliphatic rings. The molecule has 0 fully saturated rings. The number of halogens is 2. The van der Waals surface area contributed by atoms with Crippen LogP contribution in [0.25, 0.3) is 6.08 Å². The fraction of sp³-hybridized carbons (Fsp3) is 0.0588. The minimum absolute atomic E-state index is 0.185. The first-order valence-electron chi connectivity index (χ1n) is 6.37. The first-order valence-corrected chi connectivity index (χ1v) is 7.12. The number of hydrogen-bond acceptors (Lipinski definition) is 3. The van der Waals surface area contributed by atoms with Gasteiger partial charge in [0.25, 0.3) is 0 Å². The Morgan fingerprint density at radius 1 is 0.955 bits per heavy atom. The summed E-state index contributed by atoms with van der Waals surface area (Å²) in [5, 5.41) is 0.740. The summed E-state index contributed by atoms with van der Waals surface area (Å²) in [6.45, 7) is 0. The number of hydrogen-bond donors (Lipinski definition) is 0. The van der Waals surface area contributed by atoms with Crippen LogP contribution in [0.5, 0.6) is 0 Å². The molecule has 5 heteroatoms. The van der Waals surface area contributed by atoms with Crippen LogP contribution in [0.15, 0.2) is 48.5 Å². The standard InChI is InChI=1S/C17H12Cl2O3/c1-22-17(21)12-5-2-11(3-6-12)4-9-16(20)13-7-8-14(18)15(19)10-13/h2-10H,1H3/b9-4+. The van der Waals surface area contributed by atoms with E-state index in [-0.39, 0.29) is 5.78 Å². The number of rotatable bonds is 4. The summed E-state index contributed by atoms with van der Waals surface area (Å²) >= 11 is 11.7. The van der Waals surface area contributed by atoms with E-state index in [0.717, 1.165) is 5.56 Å². The van der Waals surface area contributed by atoms with Crippen molar-refractivity contribution < 1.29 is 14.3 Å². The Kier molecular flexibility index (Phi) is 5.36. The van der Waals surface area contributed by atoms with E-state index < -0.39 is 5.97 Å². The van der Waals surface area contributed by atoms with Gasteiger partial charge in [-0.1, -0.05) is 41.4 Å². The quantitative estimate of drug-likeness (QED) is 0.463. The highest BCUT2D eigenvalue weighted by atomic mass is 35.5. The topological polar surface area (TPSA) is 43.4 Å². The number of ether oxygens (including phenoxy) is 1. The van der Waals surface area contributed by atoms with Gasteiger partial charge in [-0.25, -0.2) is 4.79 Å². The Bertz CT molecular complexity index is 734. The molecule has 0 N–H and O–H groups in total. The van der Waals surface area contributed by atoms with Crippen molar-refractivity contribution in [3.63, 3.8) is 0 Å². The van der Waals surface area contributed by atoms with Gasteiger partial charge in [-0.05, 0) is 42.0 Å². The molecule has 0 atom stereocenters. The molecular weight excluding hydrogens is 323 g/mol. The van der Waals surface area contributed by atoms with Crippen molar-refractivity contribution in [2.24, 2.45) is 0 Å². The van der Waals surface area contributed by atoms with Crippen molar-refractivity contribution >= 4 is 41.0 Å². The smallest absolute Gasteiger partial charge is 0.337 e. The fourth-order valence-electron chi connectivity index (χ4n) is 1.77. The van der Waals surface area contributed by atoms with Gasteiger partial charge in [-0.2, -0.15) is 0 Å². The summed E-state index contributed by atoms with van der Waals surface area (Å²) in [5.41, 5.74) is 1.70. The van der Waals surface area contributed by atoms with Crippen molar-refractivity contribution in [1.29, 1.82) is 0 Å². The molecular formula is C17H12Cl2O3. The summed E-state index contributed by atoms with van der Waals surface area (Å²) in [7, 11) is 1.33. The zero-order chi connectivity index (χ0) is 16.1. The first-order chi connectivity index (χ1) is 10.5. The van der Waals surface area contributed by atoms with E-state index in [9.17, 15) is 9.59 Å². The Morgan fingerprint density at radius 3 is 2.18 bits per heavy atom. The molecule has 0 radical (unpaired) electrons. The molecule has 0 spiro atoms. The molecule has 0 aromatic heterocycles. The fourth-order valence-corrected chi connectivity index (χ4v) is 2.06. The number of carbonyl (C=O) groups is 2. The monoisotopic (exact) mass is 334 g/mol. The predicted molar refractivity (Wildman–Crippen MR) is 87.6 cm³/mol. The number of allylic oxidation sites excluding steroid dienone is 1. The van der Waals surface area contributed by atoms with Gasteiger partial charge < -0.3 is 4.74 Å². The molecule has 0 saturated heterocycles. The average molecular weight is 335 g/mol. The van der Waals surface area contributed by atoms with E-state index in [1.165, 1.54) is 19.3 Å². The largest absolute Gasteiger partial charge is 0.465 e. The van der Waals surface area contributed by atoms with Crippen molar-refractivity contribution in [1.82, 2.24) is 0 Å². The van der Waals surface area contributed by atoms with Crippen LogP contribution in [0.4, 0.5) is 0 Å². The van der Waals surface area contributed by atoms with E-state index >= 15 is 0 Å². The van der Waals surface area contributed by atoms with Gasteiger partial charge in [0.1, 0.15) is 0 Å². The lowest BCUT2D eigenvalue weighted by Gasteiger charge is -2.00. The molecule has 112 valence electrons. The third-order valence-electron chi connectivity index (χ3n) is 2.96. The molecule has 0 heterocycles. The van der Waals surface area contributed by atoms with Gasteiger partial charge in [-0.15, -0.1) is 0 Å². The molecule has 0 bridgehead atoms. The maximum absolute atomic E-state index is 12.0. The zero-order valence-corrected chi connectivity index (χ0v) is 13.2. The zero-order valence-electron chi connectivity index (χ0n) is 11.7. The van der Waals surface area contributed by atoms with Crippen LogP contribution in [0.2, 0.25) is 10.0 Å². The maximum Gasteiger partial charge on any atom is 0.337 e. The van der Waals surface area contributed by atoms with Crippen LogP contribution < -0.4 is 0 Å². The summed E-state index contributed by atoms with van der Waals surface area (Å²) in [6.07, 6.45) is 3.10. The Balaban J connectivity index is 2.12. The van der Waals surface area contributed by atoms with Crippen LogP contribution in [0, 0.1) is 0 Å². The van der Waals surface area contributed by atoms with Gasteiger partial charge in [0.05, 0.1) is 22.7 Å². The van der Waals surface area contributed by atoms with E-state index in [1.54, 1.807) is 42.5 Å². The molecule has 2 aromatic carbocycles. The Labute approximate surface area is 138 Å². The van der Waals surface area contributed by atoms with Crippen LogP contribution in [0.3, 0.4) is 0 Å². The van der Waals surface area contributed by atoms with Gasteiger partial charge in [-0.3, -0.25) is 4.79 Å². The van der Waals surface area contributed by atoms with Crippen molar-refractivity contribution in [2.75, 3.05) is 7.11 Å². The molecule has 0 aliphatic carbocycles. The number of esters is 1. The summed E-state index contributed by atoms with van der Waals surface area (Å²) < 4.78 is 4.62. The minimum atomic E-state index is -0.401. The van der Waals surface area contributed by atoms with Crippen LogP contribution in [0.1, 0.15) is 26.3 Å². The third kappa shape index (κ3) is 3.97. The molecule has 0 amide bonds. The Morgan fingerprint density at radius 2 is 1.59 bits per heavy atom.